The molecule has 5 nitrogen and oxygen atoms in total. The quantitative estimate of drug-likeness (QED) is 0.848. The first-order valence-electron chi connectivity index (χ1n) is 8.53. The predicted octanol–water partition coefficient (Wildman–Crippen LogP) is 3.35. The van der Waals surface area contributed by atoms with E-state index in [9.17, 15) is 4.79 Å². The Morgan fingerprint density at radius 1 is 1.22 bits per heavy atom. The molecule has 4 heterocycles. The SMILES string of the molecule is Cc1ccsc1C(=O)N1CCC[C@@H]1c1nnc2n1CCCCC2. The van der Waals surface area contributed by atoms with Crippen LogP contribution in [-0.2, 0) is 13.0 Å². The van der Waals surface area contributed by atoms with E-state index in [1.54, 1.807) is 11.3 Å². The van der Waals surface area contributed by atoms with Crippen LogP contribution in [0.15, 0.2) is 11.4 Å². The van der Waals surface area contributed by atoms with E-state index in [1.165, 1.54) is 19.3 Å². The summed E-state index contributed by atoms with van der Waals surface area (Å²) in [6.07, 6.45) is 6.68. The number of carbonyl (C=O) groups is 1. The van der Waals surface area contributed by atoms with E-state index < -0.39 is 0 Å². The predicted molar refractivity (Wildman–Crippen MR) is 89.6 cm³/mol. The second-order valence-electron chi connectivity index (χ2n) is 6.53. The van der Waals surface area contributed by atoms with Crippen molar-refractivity contribution in [2.75, 3.05) is 6.54 Å². The van der Waals surface area contributed by atoms with Crippen molar-refractivity contribution in [3.05, 3.63) is 33.5 Å². The van der Waals surface area contributed by atoms with Crippen LogP contribution in [0.1, 0.15) is 65.0 Å². The second kappa shape index (κ2) is 6.07. The number of hydrogen-bond donors (Lipinski definition) is 0. The molecule has 1 saturated heterocycles. The Morgan fingerprint density at radius 3 is 2.96 bits per heavy atom. The van der Waals surface area contributed by atoms with Crippen molar-refractivity contribution in [2.45, 2.75) is 58.0 Å². The van der Waals surface area contributed by atoms with Gasteiger partial charge in [0.05, 0.1) is 10.9 Å². The molecule has 1 amide bonds. The summed E-state index contributed by atoms with van der Waals surface area (Å²) >= 11 is 1.54. The highest BCUT2D eigenvalue weighted by atomic mass is 32.1. The van der Waals surface area contributed by atoms with Gasteiger partial charge in [0, 0.05) is 19.5 Å². The molecule has 2 aliphatic rings. The highest BCUT2D eigenvalue weighted by Gasteiger charge is 2.35. The highest BCUT2D eigenvalue weighted by Crippen LogP contribution is 2.34. The van der Waals surface area contributed by atoms with E-state index in [-0.39, 0.29) is 11.9 Å². The fourth-order valence-electron chi connectivity index (χ4n) is 3.75. The van der Waals surface area contributed by atoms with Gasteiger partial charge in [-0.25, -0.2) is 0 Å². The maximum absolute atomic E-state index is 12.9. The molecule has 0 saturated carbocycles. The van der Waals surface area contributed by atoms with Crippen molar-refractivity contribution in [3.63, 3.8) is 0 Å². The molecule has 4 rings (SSSR count). The van der Waals surface area contributed by atoms with Crippen LogP contribution >= 0.6 is 11.3 Å². The van der Waals surface area contributed by atoms with Gasteiger partial charge in [0.25, 0.3) is 5.91 Å². The van der Waals surface area contributed by atoms with Crippen LogP contribution < -0.4 is 0 Å². The Bertz CT molecular complexity index is 720. The van der Waals surface area contributed by atoms with Gasteiger partial charge in [-0.15, -0.1) is 21.5 Å². The number of aromatic nitrogens is 3. The minimum absolute atomic E-state index is 0.0864. The monoisotopic (exact) mass is 330 g/mol. The Kier molecular flexibility index (Phi) is 3.93. The molecule has 2 aliphatic heterocycles. The summed E-state index contributed by atoms with van der Waals surface area (Å²) in [6.45, 7) is 3.83. The summed E-state index contributed by atoms with van der Waals surface area (Å²) in [7, 11) is 0. The lowest BCUT2D eigenvalue weighted by molar-refractivity contribution is 0.0731. The van der Waals surface area contributed by atoms with Crippen molar-refractivity contribution in [2.24, 2.45) is 0 Å². The number of nitrogens with zero attached hydrogens (tertiary/aromatic N) is 4. The van der Waals surface area contributed by atoms with Crippen molar-refractivity contribution < 1.29 is 4.79 Å². The molecule has 2 aromatic heterocycles. The molecule has 122 valence electrons. The third kappa shape index (κ3) is 2.59. The number of aryl methyl sites for hydroxylation is 2. The molecular formula is C17H22N4OS. The molecule has 1 fully saturated rings. The largest absolute Gasteiger partial charge is 0.328 e. The summed E-state index contributed by atoms with van der Waals surface area (Å²) in [5, 5.41) is 10.9. The normalized spacial score (nSPS) is 21.3. The fraction of sp³-hybridized carbons (Fsp3) is 0.588. The van der Waals surface area contributed by atoms with E-state index >= 15 is 0 Å². The van der Waals surface area contributed by atoms with Crippen molar-refractivity contribution in [1.29, 1.82) is 0 Å². The molecule has 0 bridgehead atoms. The molecule has 2 aromatic rings. The molecule has 0 spiro atoms. The number of fused-ring (bicyclic) bond motifs is 1. The summed E-state index contributed by atoms with van der Waals surface area (Å²) < 4.78 is 2.28. The number of hydrogen-bond acceptors (Lipinski definition) is 4. The highest BCUT2D eigenvalue weighted by molar-refractivity contribution is 7.12. The minimum Gasteiger partial charge on any atom is -0.328 e. The number of likely N-dealkylation sites (tertiary alicyclic amines) is 1. The lowest BCUT2D eigenvalue weighted by Crippen LogP contribution is -2.32. The van der Waals surface area contributed by atoms with Gasteiger partial charge in [0.1, 0.15) is 5.82 Å². The first-order chi connectivity index (χ1) is 11.3. The molecular weight excluding hydrogens is 308 g/mol. The Hall–Kier alpha value is -1.69. The third-order valence-electron chi connectivity index (χ3n) is 5.01. The lowest BCUT2D eigenvalue weighted by Gasteiger charge is -2.24. The van der Waals surface area contributed by atoms with Crippen LogP contribution in [0.3, 0.4) is 0 Å². The first-order valence-corrected chi connectivity index (χ1v) is 9.40. The average molecular weight is 330 g/mol. The van der Waals surface area contributed by atoms with E-state index in [0.29, 0.717) is 0 Å². The summed E-state index contributed by atoms with van der Waals surface area (Å²) in [5.41, 5.74) is 1.07. The number of amides is 1. The fourth-order valence-corrected chi connectivity index (χ4v) is 4.63. The topological polar surface area (TPSA) is 51.0 Å². The molecule has 0 aromatic carbocycles. The zero-order valence-corrected chi connectivity index (χ0v) is 14.3. The van der Waals surface area contributed by atoms with Gasteiger partial charge in [-0.3, -0.25) is 4.79 Å². The van der Waals surface area contributed by atoms with Crippen LogP contribution in [0.25, 0.3) is 0 Å². The van der Waals surface area contributed by atoms with Crippen LogP contribution in [0.4, 0.5) is 0 Å². The van der Waals surface area contributed by atoms with E-state index in [2.05, 4.69) is 14.8 Å². The summed E-state index contributed by atoms with van der Waals surface area (Å²) in [5.74, 6) is 2.26. The molecule has 0 radical (unpaired) electrons. The number of thiophene rings is 1. The van der Waals surface area contributed by atoms with Gasteiger partial charge < -0.3 is 9.47 Å². The van der Waals surface area contributed by atoms with Crippen molar-refractivity contribution in [1.82, 2.24) is 19.7 Å². The Balaban J connectivity index is 1.65. The molecule has 1 atom stereocenters. The number of rotatable bonds is 2. The van der Waals surface area contributed by atoms with Gasteiger partial charge in [-0.1, -0.05) is 6.42 Å². The van der Waals surface area contributed by atoms with Crippen molar-refractivity contribution >= 4 is 17.2 Å². The zero-order chi connectivity index (χ0) is 15.8. The third-order valence-corrected chi connectivity index (χ3v) is 6.01. The lowest BCUT2D eigenvalue weighted by atomic mass is 10.2. The number of carbonyl (C=O) groups excluding carboxylic acids is 1. The van der Waals surface area contributed by atoms with Gasteiger partial charge >= 0.3 is 0 Å². The average Bonchev–Trinajstić information content (AvgIpc) is 3.23. The molecule has 0 aliphatic carbocycles. The first kappa shape index (κ1) is 14.9. The minimum atomic E-state index is 0.0864. The van der Waals surface area contributed by atoms with Crippen LogP contribution in [0.2, 0.25) is 0 Å². The zero-order valence-electron chi connectivity index (χ0n) is 13.5. The summed E-state index contributed by atoms with van der Waals surface area (Å²) in [4.78, 5) is 15.8. The Morgan fingerprint density at radius 2 is 2.13 bits per heavy atom. The molecule has 6 heteroatoms. The van der Waals surface area contributed by atoms with E-state index in [0.717, 1.165) is 54.4 Å². The van der Waals surface area contributed by atoms with E-state index in [1.807, 2.05) is 23.3 Å². The van der Waals surface area contributed by atoms with Crippen LogP contribution in [-0.4, -0.2) is 32.1 Å². The van der Waals surface area contributed by atoms with Crippen LogP contribution in [0, 0.1) is 6.92 Å². The standard InChI is InChI=1S/C17H22N4OS/c1-12-8-11-23-15(12)17(22)20-10-5-6-13(20)16-19-18-14-7-3-2-4-9-21(14)16/h8,11,13H,2-7,9-10H2,1H3/t13-/m1/s1. The van der Waals surface area contributed by atoms with Crippen LogP contribution in [0.5, 0.6) is 0 Å². The molecule has 0 N–H and O–H groups in total. The van der Waals surface area contributed by atoms with E-state index in [4.69, 9.17) is 0 Å². The Labute approximate surface area is 140 Å². The van der Waals surface area contributed by atoms with Crippen molar-refractivity contribution in [3.8, 4) is 0 Å². The smallest absolute Gasteiger partial charge is 0.264 e. The second-order valence-corrected chi connectivity index (χ2v) is 7.44. The van der Waals surface area contributed by atoms with Gasteiger partial charge in [0.15, 0.2) is 5.82 Å². The maximum atomic E-state index is 12.9. The molecule has 0 unspecified atom stereocenters. The summed E-state index contributed by atoms with van der Waals surface area (Å²) in [6, 6.07) is 2.11. The van der Waals surface area contributed by atoms with Gasteiger partial charge in [-0.05, 0) is 49.6 Å². The van der Waals surface area contributed by atoms with Gasteiger partial charge in [0.2, 0.25) is 0 Å². The van der Waals surface area contributed by atoms with Gasteiger partial charge in [-0.2, -0.15) is 0 Å². The maximum Gasteiger partial charge on any atom is 0.264 e. The molecule has 23 heavy (non-hydrogen) atoms.